The molecule has 9 nitrogen and oxygen atoms in total. The third-order valence-corrected chi connectivity index (χ3v) is 10.4. The Hall–Kier alpha value is -4.37. The topological polar surface area (TPSA) is 123 Å². The van der Waals surface area contributed by atoms with Crippen LogP contribution in [0.1, 0.15) is 60.7 Å². The number of nitrogens with one attached hydrogen (secondary N) is 1. The normalized spacial score (nSPS) is 28.1. The third-order valence-electron chi connectivity index (χ3n) is 10.4. The Labute approximate surface area is 261 Å². The average Bonchev–Trinajstić information content (AvgIpc) is 3.78. The first-order valence-corrected chi connectivity index (χ1v) is 15.4. The van der Waals surface area contributed by atoms with Gasteiger partial charge in [0.15, 0.2) is 0 Å². The summed E-state index contributed by atoms with van der Waals surface area (Å²) < 4.78 is 11.0. The minimum Gasteiger partial charge on any atom is -0.468 e. The van der Waals surface area contributed by atoms with Crippen molar-refractivity contribution in [3.63, 3.8) is 0 Å². The predicted octanol–water partition coefficient (Wildman–Crippen LogP) is 3.92. The number of carbonyl (C=O) groups is 5. The van der Waals surface area contributed by atoms with Gasteiger partial charge in [0.25, 0.3) is 0 Å². The molecule has 2 saturated heterocycles. The van der Waals surface area contributed by atoms with E-state index >= 15 is 0 Å². The summed E-state index contributed by atoms with van der Waals surface area (Å²) in [4.78, 5) is 69.9. The maximum atomic E-state index is 14.3. The zero-order valence-corrected chi connectivity index (χ0v) is 25.6. The molecule has 2 aliphatic carbocycles. The quantitative estimate of drug-likeness (QED) is 0.254. The number of fused-ring (bicyclic) bond motifs is 2. The zero-order chi connectivity index (χ0) is 31.7. The Balaban J connectivity index is 1.21. The Kier molecular flexibility index (Phi) is 6.74. The molecule has 9 heteroatoms. The van der Waals surface area contributed by atoms with Gasteiger partial charge in [-0.2, -0.15) is 0 Å². The number of esters is 1. The van der Waals surface area contributed by atoms with Gasteiger partial charge in [0.1, 0.15) is 22.9 Å². The first kappa shape index (κ1) is 29.3. The van der Waals surface area contributed by atoms with Gasteiger partial charge in [0.05, 0.1) is 43.2 Å². The lowest BCUT2D eigenvalue weighted by Gasteiger charge is -2.38. The van der Waals surface area contributed by atoms with Crippen LogP contribution >= 0.6 is 0 Å². The fraction of sp³-hybridized carbons (Fsp3) is 0.417. The van der Waals surface area contributed by atoms with Gasteiger partial charge in [-0.3, -0.25) is 34.2 Å². The van der Waals surface area contributed by atoms with Crippen molar-refractivity contribution < 1.29 is 33.1 Å². The van der Waals surface area contributed by atoms with Gasteiger partial charge in [-0.15, -0.1) is 0 Å². The van der Waals surface area contributed by atoms with Gasteiger partial charge in [0, 0.05) is 19.3 Å². The molecule has 1 spiro atoms. The molecule has 3 fully saturated rings. The highest BCUT2D eigenvalue weighted by molar-refractivity contribution is 6.11. The maximum Gasteiger partial charge on any atom is 0.327 e. The standard InChI is InChI=1S/C36H36N2O7/c1-34(2)18-26(39)35(27(40)19-34)16-23-12-11-22(14-24(23)17-35)20-38-31(41)28-29(32(38)42)36(33(43)44-3,15-21-8-5-4-6-9-21)37-30(28)25-10-7-13-45-25/h4-14,28-30,37H,15-20H2,1-3H3/t28-,29-,30-,36-/m0/s1. The van der Waals surface area contributed by atoms with Gasteiger partial charge in [0.2, 0.25) is 11.8 Å². The Morgan fingerprint density at radius 1 is 0.889 bits per heavy atom. The van der Waals surface area contributed by atoms with E-state index in [1.807, 2.05) is 62.4 Å². The summed E-state index contributed by atoms with van der Waals surface area (Å²) in [6, 6.07) is 17.7. The second-order valence-electron chi connectivity index (χ2n) is 13.9. The molecular formula is C36H36N2O7. The van der Waals surface area contributed by atoms with E-state index in [1.165, 1.54) is 18.3 Å². The van der Waals surface area contributed by atoms with Crippen LogP contribution in [0.15, 0.2) is 71.3 Å². The van der Waals surface area contributed by atoms with Crippen LogP contribution in [-0.2, 0) is 54.5 Å². The number of nitrogens with zero attached hydrogens (tertiary/aromatic N) is 1. The molecule has 2 aromatic carbocycles. The van der Waals surface area contributed by atoms with Crippen LogP contribution in [0.25, 0.3) is 0 Å². The first-order chi connectivity index (χ1) is 21.5. The van der Waals surface area contributed by atoms with Crippen LogP contribution in [0.5, 0.6) is 0 Å². The number of likely N-dealkylation sites (tertiary alicyclic amines) is 1. The minimum atomic E-state index is -1.50. The molecule has 4 atom stereocenters. The van der Waals surface area contributed by atoms with Crippen LogP contribution in [0.3, 0.4) is 0 Å². The average molecular weight is 609 g/mol. The van der Waals surface area contributed by atoms with Crippen molar-refractivity contribution in [1.82, 2.24) is 10.2 Å². The third kappa shape index (κ3) is 4.50. The van der Waals surface area contributed by atoms with Crippen LogP contribution in [-0.4, -0.2) is 46.9 Å². The second kappa shape index (κ2) is 10.3. The van der Waals surface area contributed by atoms with E-state index < -0.39 is 46.6 Å². The van der Waals surface area contributed by atoms with Gasteiger partial charge in [-0.05, 0) is 52.6 Å². The molecule has 232 valence electrons. The number of carbonyl (C=O) groups excluding carboxylic acids is 5. The second-order valence-corrected chi connectivity index (χ2v) is 13.9. The van der Waals surface area contributed by atoms with E-state index in [9.17, 15) is 24.0 Å². The highest BCUT2D eigenvalue weighted by Crippen LogP contribution is 2.51. The number of imide groups is 1. The highest BCUT2D eigenvalue weighted by Gasteiger charge is 2.69. The summed E-state index contributed by atoms with van der Waals surface area (Å²) >= 11 is 0. The number of Topliss-reactive ketones (excluding diaryl/α,β-unsaturated/α-hetero) is 2. The SMILES string of the molecule is COC(=O)[C@@]1(Cc2ccccc2)N[C@@H](c2ccco2)[C@H]2C(=O)N(Cc3ccc4c(c3)CC3(C4)C(=O)CC(C)(C)CC3=O)C(=O)[C@H]21. The summed E-state index contributed by atoms with van der Waals surface area (Å²) in [5.74, 6) is -2.93. The molecule has 3 aromatic rings. The number of amides is 2. The Morgan fingerprint density at radius 2 is 1.60 bits per heavy atom. The number of methoxy groups -OCH3 is 1. The van der Waals surface area contributed by atoms with Crippen molar-refractivity contribution in [2.45, 2.75) is 64.1 Å². The molecule has 1 N–H and O–H groups in total. The van der Waals surface area contributed by atoms with Gasteiger partial charge < -0.3 is 9.15 Å². The molecular weight excluding hydrogens is 572 g/mol. The van der Waals surface area contributed by atoms with Crippen molar-refractivity contribution in [2.24, 2.45) is 22.7 Å². The van der Waals surface area contributed by atoms with Gasteiger partial charge in [-0.1, -0.05) is 62.4 Å². The Morgan fingerprint density at radius 3 is 2.27 bits per heavy atom. The first-order valence-electron chi connectivity index (χ1n) is 15.4. The summed E-state index contributed by atoms with van der Waals surface area (Å²) in [5.41, 5.74) is 0.526. The molecule has 45 heavy (non-hydrogen) atoms. The summed E-state index contributed by atoms with van der Waals surface area (Å²) in [5, 5.41) is 3.33. The van der Waals surface area contributed by atoms with E-state index in [1.54, 1.807) is 12.1 Å². The summed E-state index contributed by atoms with van der Waals surface area (Å²) in [6.07, 6.45) is 3.11. The predicted molar refractivity (Wildman–Crippen MR) is 161 cm³/mol. The van der Waals surface area contributed by atoms with E-state index in [4.69, 9.17) is 9.15 Å². The van der Waals surface area contributed by atoms with E-state index in [0.29, 0.717) is 31.4 Å². The zero-order valence-electron chi connectivity index (χ0n) is 25.6. The van der Waals surface area contributed by atoms with Crippen molar-refractivity contribution in [3.05, 3.63) is 94.9 Å². The molecule has 2 amide bonds. The van der Waals surface area contributed by atoms with Crippen LogP contribution in [0.4, 0.5) is 0 Å². The van der Waals surface area contributed by atoms with Crippen LogP contribution in [0.2, 0.25) is 0 Å². The molecule has 4 aliphatic rings. The molecule has 1 saturated carbocycles. The number of ketones is 2. The minimum absolute atomic E-state index is 0.00624. The maximum absolute atomic E-state index is 14.3. The lowest BCUT2D eigenvalue weighted by Crippen LogP contribution is -2.57. The van der Waals surface area contributed by atoms with Crippen molar-refractivity contribution in [1.29, 1.82) is 0 Å². The number of benzene rings is 2. The molecule has 0 unspecified atom stereocenters. The monoisotopic (exact) mass is 608 g/mol. The number of ether oxygens (including phenoxy) is 1. The smallest absolute Gasteiger partial charge is 0.327 e. The lowest BCUT2D eigenvalue weighted by atomic mass is 9.62. The van der Waals surface area contributed by atoms with E-state index in [-0.39, 0.29) is 29.9 Å². The number of rotatable bonds is 6. The number of furan rings is 1. The van der Waals surface area contributed by atoms with Crippen LogP contribution < -0.4 is 5.32 Å². The molecule has 2 aliphatic heterocycles. The van der Waals surface area contributed by atoms with Crippen molar-refractivity contribution in [2.75, 3.05) is 7.11 Å². The fourth-order valence-corrected chi connectivity index (χ4v) is 8.28. The number of hydrogen-bond acceptors (Lipinski definition) is 8. The van der Waals surface area contributed by atoms with Crippen molar-refractivity contribution >= 4 is 29.4 Å². The molecule has 3 heterocycles. The van der Waals surface area contributed by atoms with Crippen molar-refractivity contribution in [3.8, 4) is 0 Å². The Bertz CT molecular complexity index is 1710. The fourth-order valence-electron chi connectivity index (χ4n) is 8.28. The molecule has 1 aromatic heterocycles. The molecule has 7 rings (SSSR count). The largest absolute Gasteiger partial charge is 0.468 e. The van der Waals surface area contributed by atoms with E-state index in [0.717, 1.165) is 22.3 Å². The molecule has 0 radical (unpaired) electrons. The highest BCUT2D eigenvalue weighted by atomic mass is 16.5. The summed E-state index contributed by atoms with van der Waals surface area (Å²) in [6.45, 7) is 3.92. The van der Waals surface area contributed by atoms with E-state index in [2.05, 4.69) is 5.32 Å². The van der Waals surface area contributed by atoms with Gasteiger partial charge >= 0.3 is 5.97 Å². The number of hydrogen-bond donors (Lipinski definition) is 1. The lowest BCUT2D eigenvalue weighted by molar-refractivity contribution is -0.154. The van der Waals surface area contributed by atoms with Gasteiger partial charge in [-0.25, -0.2) is 0 Å². The molecule has 0 bridgehead atoms. The van der Waals surface area contributed by atoms with Crippen LogP contribution in [0, 0.1) is 22.7 Å². The summed E-state index contributed by atoms with van der Waals surface area (Å²) in [7, 11) is 1.28.